The minimum atomic E-state index is -0.437. The zero-order valence-corrected chi connectivity index (χ0v) is 12.6. The maximum atomic E-state index is 11.1. The summed E-state index contributed by atoms with van der Waals surface area (Å²) in [6.45, 7) is 0. The van der Waals surface area contributed by atoms with Crippen LogP contribution in [-0.4, -0.2) is 9.91 Å². The number of nitriles is 1. The molecule has 0 aliphatic heterocycles. The molecule has 1 aliphatic carbocycles. The van der Waals surface area contributed by atoms with Crippen LogP contribution in [0.4, 0.5) is 5.69 Å². The molecule has 1 aromatic carbocycles. The Labute approximate surface area is 131 Å². The Morgan fingerprint density at radius 2 is 2.14 bits per heavy atom. The van der Waals surface area contributed by atoms with Crippen LogP contribution in [0.25, 0.3) is 11.6 Å². The largest absolute Gasteiger partial charge is 0.276 e. The summed E-state index contributed by atoms with van der Waals surface area (Å²) in [5.41, 5.74) is 1.89. The summed E-state index contributed by atoms with van der Waals surface area (Å²) in [5, 5.41) is 21.1. The summed E-state index contributed by atoms with van der Waals surface area (Å²) in [4.78, 5) is 16.4. The van der Waals surface area contributed by atoms with Crippen LogP contribution in [-0.2, 0) is 12.8 Å². The van der Waals surface area contributed by atoms with Crippen LogP contribution in [0.1, 0.15) is 34.0 Å². The first-order valence-electron chi connectivity index (χ1n) is 7.03. The molecule has 0 atom stereocenters. The number of allylic oxidation sites excluding steroid dienone is 1. The van der Waals surface area contributed by atoms with Gasteiger partial charge in [-0.2, -0.15) is 5.26 Å². The molecule has 0 amide bonds. The van der Waals surface area contributed by atoms with Crippen LogP contribution in [0, 0.1) is 21.4 Å². The zero-order chi connectivity index (χ0) is 15.5. The van der Waals surface area contributed by atoms with E-state index in [1.807, 2.05) is 0 Å². The van der Waals surface area contributed by atoms with Gasteiger partial charge in [-0.15, -0.1) is 11.3 Å². The molecular formula is C16H13N3O2S. The molecule has 0 spiro atoms. The van der Waals surface area contributed by atoms with Crippen LogP contribution in [0.5, 0.6) is 0 Å². The first kappa shape index (κ1) is 14.4. The van der Waals surface area contributed by atoms with Crippen molar-refractivity contribution in [1.29, 1.82) is 5.26 Å². The molecule has 5 nitrogen and oxygen atoms in total. The van der Waals surface area contributed by atoms with Gasteiger partial charge in [0.25, 0.3) is 5.69 Å². The summed E-state index contributed by atoms with van der Waals surface area (Å²) in [6.07, 6.45) is 5.81. The highest BCUT2D eigenvalue weighted by atomic mass is 32.1. The average Bonchev–Trinajstić information content (AvgIpc) is 2.96. The van der Waals surface area contributed by atoms with Gasteiger partial charge in [0, 0.05) is 10.9 Å². The van der Waals surface area contributed by atoms with E-state index < -0.39 is 4.92 Å². The lowest BCUT2D eigenvalue weighted by molar-refractivity contribution is -0.385. The Hall–Kier alpha value is -2.52. The Bertz CT molecular complexity index is 778. The van der Waals surface area contributed by atoms with E-state index in [4.69, 9.17) is 0 Å². The Kier molecular flexibility index (Phi) is 3.98. The molecular weight excluding hydrogens is 298 g/mol. The molecule has 3 rings (SSSR count). The van der Waals surface area contributed by atoms with E-state index in [1.165, 1.54) is 22.3 Å². The molecule has 0 unspecified atom stereocenters. The quantitative estimate of drug-likeness (QED) is 0.487. The molecule has 0 bridgehead atoms. The third-order valence-electron chi connectivity index (χ3n) is 3.63. The van der Waals surface area contributed by atoms with Crippen molar-refractivity contribution in [2.24, 2.45) is 0 Å². The molecule has 0 saturated carbocycles. The highest BCUT2D eigenvalue weighted by molar-refractivity contribution is 7.13. The predicted octanol–water partition coefficient (Wildman–Crippen LogP) is 3.99. The standard InChI is InChI=1S/C16H13N3O2S/c17-10-12(9-11-5-1-3-7-14(11)19(20)21)16-18-13-6-2-4-8-15(13)22-16/h1,3,5,7,9H,2,4,6,8H2/b12-9+. The predicted molar refractivity (Wildman–Crippen MR) is 85.3 cm³/mol. The van der Waals surface area contributed by atoms with Crippen LogP contribution in [0.3, 0.4) is 0 Å². The summed E-state index contributed by atoms with van der Waals surface area (Å²) in [5.74, 6) is 0. The minimum Gasteiger partial charge on any atom is -0.258 e. The van der Waals surface area contributed by atoms with E-state index in [1.54, 1.807) is 24.3 Å². The molecule has 2 aromatic rings. The van der Waals surface area contributed by atoms with Crippen LogP contribution >= 0.6 is 11.3 Å². The van der Waals surface area contributed by atoms with Gasteiger partial charge in [-0.3, -0.25) is 10.1 Å². The number of fused-ring (bicyclic) bond motifs is 1. The number of nitro benzene ring substituents is 1. The molecule has 1 heterocycles. The monoisotopic (exact) mass is 311 g/mol. The van der Waals surface area contributed by atoms with Gasteiger partial charge in [-0.05, 0) is 37.8 Å². The highest BCUT2D eigenvalue weighted by Crippen LogP contribution is 2.32. The summed E-state index contributed by atoms with van der Waals surface area (Å²) in [7, 11) is 0. The molecule has 0 radical (unpaired) electrons. The lowest BCUT2D eigenvalue weighted by Gasteiger charge is -2.06. The first-order valence-corrected chi connectivity index (χ1v) is 7.85. The molecule has 0 fully saturated rings. The van der Waals surface area contributed by atoms with Gasteiger partial charge in [0.15, 0.2) is 0 Å². The van der Waals surface area contributed by atoms with E-state index in [0.717, 1.165) is 31.4 Å². The van der Waals surface area contributed by atoms with E-state index in [9.17, 15) is 15.4 Å². The third kappa shape index (κ3) is 2.76. The van der Waals surface area contributed by atoms with E-state index in [0.29, 0.717) is 16.1 Å². The Morgan fingerprint density at radius 1 is 1.36 bits per heavy atom. The number of rotatable bonds is 3. The maximum Gasteiger partial charge on any atom is 0.276 e. The number of nitrogens with zero attached hydrogens (tertiary/aromatic N) is 3. The van der Waals surface area contributed by atoms with Crippen molar-refractivity contribution in [2.45, 2.75) is 25.7 Å². The maximum absolute atomic E-state index is 11.1. The number of aromatic nitrogens is 1. The summed E-state index contributed by atoms with van der Waals surface area (Å²) < 4.78 is 0. The number of nitro groups is 1. The second-order valence-electron chi connectivity index (χ2n) is 5.08. The second kappa shape index (κ2) is 6.08. The van der Waals surface area contributed by atoms with E-state index in [-0.39, 0.29) is 5.69 Å². The van der Waals surface area contributed by atoms with Crippen LogP contribution in [0.2, 0.25) is 0 Å². The SMILES string of the molecule is N#C/C(=C\c1ccccc1[N+](=O)[O-])c1nc2c(s1)CCCC2. The Morgan fingerprint density at radius 3 is 2.86 bits per heavy atom. The van der Waals surface area contributed by atoms with Crippen molar-refractivity contribution in [3.8, 4) is 6.07 Å². The number of thiazole rings is 1. The molecule has 0 N–H and O–H groups in total. The fourth-order valence-electron chi connectivity index (χ4n) is 2.54. The third-order valence-corrected chi connectivity index (χ3v) is 4.82. The highest BCUT2D eigenvalue weighted by Gasteiger charge is 2.18. The topological polar surface area (TPSA) is 79.8 Å². The summed E-state index contributed by atoms with van der Waals surface area (Å²) >= 11 is 1.53. The van der Waals surface area contributed by atoms with Gasteiger partial charge < -0.3 is 0 Å². The molecule has 1 aliphatic rings. The number of benzene rings is 1. The molecule has 22 heavy (non-hydrogen) atoms. The number of hydrogen-bond donors (Lipinski definition) is 0. The average molecular weight is 311 g/mol. The number of hydrogen-bond acceptors (Lipinski definition) is 5. The first-order chi connectivity index (χ1) is 10.7. The smallest absolute Gasteiger partial charge is 0.258 e. The van der Waals surface area contributed by atoms with E-state index in [2.05, 4.69) is 11.1 Å². The van der Waals surface area contributed by atoms with Gasteiger partial charge in [-0.1, -0.05) is 12.1 Å². The molecule has 1 aromatic heterocycles. The van der Waals surface area contributed by atoms with E-state index >= 15 is 0 Å². The second-order valence-corrected chi connectivity index (χ2v) is 6.17. The van der Waals surface area contributed by atoms with Gasteiger partial charge in [0.2, 0.25) is 0 Å². The van der Waals surface area contributed by atoms with Crippen molar-refractivity contribution in [3.63, 3.8) is 0 Å². The van der Waals surface area contributed by atoms with Gasteiger partial charge in [0.05, 0.1) is 21.8 Å². The van der Waals surface area contributed by atoms with Crippen molar-refractivity contribution in [1.82, 2.24) is 4.98 Å². The fourth-order valence-corrected chi connectivity index (χ4v) is 3.66. The Balaban J connectivity index is 2.03. The van der Waals surface area contributed by atoms with Crippen LogP contribution < -0.4 is 0 Å². The minimum absolute atomic E-state index is 0.00318. The molecule has 0 saturated heterocycles. The normalized spacial score (nSPS) is 14.2. The van der Waals surface area contributed by atoms with Gasteiger partial charge >= 0.3 is 0 Å². The summed E-state index contributed by atoms with van der Waals surface area (Å²) in [6, 6.07) is 8.55. The van der Waals surface area contributed by atoms with Gasteiger partial charge in [-0.25, -0.2) is 4.98 Å². The lowest BCUT2D eigenvalue weighted by Crippen LogP contribution is -1.99. The van der Waals surface area contributed by atoms with Crippen LogP contribution in [0.15, 0.2) is 24.3 Å². The molecule has 6 heteroatoms. The number of para-hydroxylation sites is 1. The van der Waals surface area contributed by atoms with Crippen molar-refractivity contribution in [2.75, 3.05) is 0 Å². The van der Waals surface area contributed by atoms with Crippen molar-refractivity contribution in [3.05, 3.63) is 55.5 Å². The van der Waals surface area contributed by atoms with Crippen molar-refractivity contribution >= 4 is 28.7 Å². The molecule has 110 valence electrons. The van der Waals surface area contributed by atoms with Crippen molar-refractivity contribution < 1.29 is 4.92 Å². The van der Waals surface area contributed by atoms with Gasteiger partial charge in [0.1, 0.15) is 11.1 Å². The zero-order valence-electron chi connectivity index (χ0n) is 11.8. The fraction of sp³-hybridized carbons (Fsp3) is 0.250. The lowest BCUT2D eigenvalue weighted by atomic mass is 10.0. The number of aryl methyl sites for hydroxylation is 2.